The molecular weight excluding hydrogens is 266 g/mol. The van der Waals surface area contributed by atoms with Crippen LogP contribution >= 0.6 is 11.8 Å². The van der Waals surface area contributed by atoms with Crippen LogP contribution in [0.2, 0.25) is 0 Å². The number of carboxylic acids is 1. The van der Waals surface area contributed by atoms with Gasteiger partial charge in [0.05, 0.1) is 0 Å². The maximum atomic E-state index is 11.4. The van der Waals surface area contributed by atoms with E-state index < -0.39 is 12.4 Å². The number of rotatable bonds is 11. The molecule has 0 aromatic rings. The lowest BCUT2D eigenvalue weighted by molar-refractivity contribution is -0.138. The smallest absolute Gasteiger partial charge is 0.311 e. The monoisotopic (exact) mass is 289 g/mol. The Labute approximate surface area is 118 Å². The van der Waals surface area contributed by atoms with Crippen LogP contribution in [0.25, 0.3) is 0 Å². The third-order valence-corrected chi connectivity index (χ3v) is 3.36. The van der Waals surface area contributed by atoms with Crippen LogP contribution in [0, 0.1) is 0 Å². The maximum absolute atomic E-state index is 11.4. The highest BCUT2D eigenvalue weighted by molar-refractivity contribution is 8.13. The quantitative estimate of drug-likeness (QED) is 0.450. The first-order valence-corrected chi connectivity index (χ1v) is 7.69. The predicted molar refractivity (Wildman–Crippen MR) is 76.1 cm³/mol. The van der Waals surface area contributed by atoms with Gasteiger partial charge >= 0.3 is 5.97 Å². The molecule has 0 fully saturated rings. The molecule has 0 saturated heterocycles. The van der Waals surface area contributed by atoms with Crippen molar-refractivity contribution in [3.63, 3.8) is 0 Å². The van der Waals surface area contributed by atoms with E-state index in [4.69, 9.17) is 5.11 Å². The first kappa shape index (κ1) is 18.0. The maximum Gasteiger partial charge on any atom is 0.311 e. The van der Waals surface area contributed by atoms with Crippen molar-refractivity contribution < 1.29 is 19.5 Å². The van der Waals surface area contributed by atoms with Gasteiger partial charge in [-0.1, -0.05) is 44.4 Å². The third-order valence-electron chi connectivity index (χ3n) is 2.49. The van der Waals surface area contributed by atoms with Gasteiger partial charge in [0.15, 0.2) is 5.12 Å². The fourth-order valence-electron chi connectivity index (χ4n) is 1.51. The Morgan fingerprint density at radius 2 is 1.79 bits per heavy atom. The Balaban J connectivity index is 3.38. The summed E-state index contributed by atoms with van der Waals surface area (Å²) in [5, 5.41) is 10.7. The van der Waals surface area contributed by atoms with E-state index in [9.17, 15) is 14.4 Å². The highest BCUT2D eigenvalue weighted by atomic mass is 32.2. The van der Waals surface area contributed by atoms with E-state index in [1.165, 1.54) is 19.3 Å². The van der Waals surface area contributed by atoms with Gasteiger partial charge in [0.2, 0.25) is 5.91 Å². The number of nitrogens with one attached hydrogen (secondary N) is 1. The summed E-state index contributed by atoms with van der Waals surface area (Å²) in [6, 6.07) is 0. The molecule has 1 amide bonds. The molecule has 0 spiro atoms. The predicted octanol–water partition coefficient (Wildman–Crippen LogP) is 2.20. The van der Waals surface area contributed by atoms with Crippen LogP contribution in [0.5, 0.6) is 0 Å². The Morgan fingerprint density at radius 1 is 1.11 bits per heavy atom. The first-order valence-electron chi connectivity index (χ1n) is 6.70. The molecule has 6 heteroatoms. The zero-order valence-electron chi connectivity index (χ0n) is 11.4. The normalized spacial score (nSPS) is 10.2. The van der Waals surface area contributed by atoms with Gasteiger partial charge in [-0.05, 0) is 6.42 Å². The van der Waals surface area contributed by atoms with E-state index in [0.29, 0.717) is 18.7 Å². The van der Waals surface area contributed by atoms with Gasteiger partial charge in [-0.25, -0.2) is 0 Å². The lowest BCUT2D eigenvalue weighted by Gasteiger charge is -2.04. The molecule has 0 atom stereocenters. The number of amides is 1. The van der Waals surface area contributed by atoms with Crippen molar-refractivity contribution in [3.05, 3.63) is 0 Å². The number of unbranched alkanes of at least 4 members (excludes halogenated alkanes) is 4. The fraction of sp³-hybridized carbons (Fsp3) is 0.769. The standard InChI is InChI=1S/C13H23NO4S/c1-2-3-4-5-6-7-11(15)14-8-9-19-13(18)10-12(16)17/h2-10H2,1H3,(H,14,15)(H,16,17). The van der Waals surface area contributed by atoms with E-state index in [-0.39, 0.29) is 11.0 Å². The van der Waals surface area contributed by atoms with Gasteiger partial charge in [0, 0.05) is 18.7 Å². The van der Waals surface area contributed by atoms with Gasteiger partial charge in [0.25, 0.3) is 0 Å². The van der Waals surface area contributed by atoms with E-state index in [0.717, 1.165) is 24.6 Å². The summed E-state index contributed by atoms with van der Waals surface area (Å²) in [6.45, 7) is 2.56. The second-order valence-electron chi connectivity index (χ2n) is 4.31. The summed E-state index contributed by atoms with van der Waals surface area (Å²) in [4.78, 5) is 32.7. The molecule has 0 aromatic carbocycles. The minimum absolute atomic E-state index is 0.00258. The second-order valence-corrected chi connectivity index (χ2v) is 5.46. The number of hydrogen-bond donors (Lipinski definition) is 2. The molecule has 19 heavy (non-hydrogen) atoms. The minimum Gasteiger partial charge on any atom is -0.481 e. The van der Waals surface area contributed by atoms with E-state index >= 15 is 0 Å². The van der Waals surface area contributed by atoms with Crippen LogP contribution in [-0.2, 0) is 14.4 Å². The molecule has 0 unspecified atom stereocenters. The molecule has 0 saturated carbocycles. The average molecular weight is 289 g/mol. The highest BCUT2D eigenvalue weighted by Crippen LogP contribution is 2.06. The molecule has 0 rings (SSSR count). The molecule has 0 radical (unpaired) electrons. The lowest BCUT2D eigenvalue weighted by Crippen LogP contribution is -2.25. The van der Waals surface area contributed by atoms with Crippen molar-refractivity contribution in [2.45, 2.75) is 51.9 Å². The van der Waals surface area contributed by atoms with Gasteiger partial charge in [-0.3, -0.25) is 14.4 Å². The SMILES string of the molecule is CCCCCCCC(=O)NCCSC(=O)CC(=O)O. The zero-order chi connectivity index (χ0) is 14.5. The van der Waals surface area contributed by atoms with Gasteiger partial charge in [0.1, 0.15) is 6.42 Å². The summed E-state index contributed by atoms with van der Waals surface area (Å²) in [7, 11) is 0. The van der Waals surface area contributed by atoms with Gasteiger partial charge < -0.3 is 10.4 Å². The highest BCUT2D eigenvalue weighted by Gasteiger charge is 2.08. The number of thioether (sulfide) groups is 1. The van der Waals surface area contributed by atoms with E-state index in [2.05, 4.69) is 12.2 Å². The number of carbonyl (C=O) groups excluding carboxylic acids is 2. The van der Waals surface area contributed by atoms with Crippen LogP contribution in [0.4, 0.5) is 0 Å². The molecule has 0 heterocycles. The zero-order valence-corrected chi connectivity index (χ0v) is 12.3. The van der Waals surface area contributed by atoms with Crippen molar-refractivity contribution in [2.75, 3.05) is 12.3 Å². The van der Waals surface area contributed by atoms with Gasteiger partial charge in [-0.2, -0.15) is 0 Å². The molecule has 5 nitrogen and oxygen atoms in total. The molecular formula is C13H23NO4S. The number of carboxylic acid groups (broad SMARTS) is 1. The Hall–Kier alpha value is -1.04. The van der Waals surface area contributed by atoms with Crippen molar-refractivity contribution in [1.82, 2.24) is 5.32 Å². The molecule has 0 aliphatic carbocycles. The summed E-state index contributed by atoms with van der Waals surface area (Å²) >= 11 is 0.947. The van der Waals surface area contributed by atoms with Crippen LogP contribution < -0.4 is 5.32 Å². The first-order chi connectivity index (χ1) is 9.06. The topological polar surface area (TPSA) is 83.5 Å². The largest absolute Gasteiger partial charge is 0.481 e. The Morgan fingerprint density at radius 3 is 2.42 bits per heavy atom. The van der Waals surface area contributed by atoms with Crippen LogP contribution in [0.15, 0.2) is 0 Å². The average Bonchev–Trinajstić information content (AvgIpc) is 2.33. The lowest BCUT2D eigenvalue weighted by atomic mass is 10.1. The Bertz CT molecular complexity index is 294. The number of hydrogen-bond acceptors (Lipinski definition) is 4. The Kier molecular flexibility index (Phi) is 11.4. The van der Waals surface area contributed by atoms with Crippen LogP contribution in [0.1, 0.15) is 51.9 Å². The summed E-state index contributed by atoms with van der Waals surface area (Å²) in [5.41, 5.74) is 0. The van der Waals surface area contributed by atoms with Crippen molar-refractivity contribution >= 4 is 28.8 Å². The summed E-state index contributed by atoms with van der Waals surface area (Å²) in [6.07, 6.45) is 5.61. The van der Waals surface area contributed by atoms with Crippen molar-refractivity contribution in [2.24, 2.45) is 0 Å². The summed E-state index contributed by atoms with van der Waals surface area (Å²) < 4.78 is 0. The number of aliphatic carboxylic acids is 1. The molecule has 0 aliphatic heterocycles. The minimum atomic E-state index is -1.12. The van der Waals surface area contributed by atoms with E-state index in [1.807, 2.05) is 0 Å². The van der Waals surface area contributed by atoms with Crippen molar-refractivity contribution in [1.29, 1.82) is 0 Å². The van der Waals surface area contributed by atoms with Gasteiger partial charge in [-0.15, -0.1) is 0 Å². The molecule has 110 valence electrons. The van der Waals surface area contributed by atoms with Crippen molar-refractivity contribution in [3.8, 4) is 0 Å². The molecule has 2 N–H and O–H groups in total. The van der Waals surface area contributed by atoms with Crippen LogP contribution in [0.3, 0.4) is 0 Å². The van der Waals surface area contributed by atoms with E-state index in [1.54, 1.807) is 0 Å². The molecule has 0 aromatic heterocycles. The second kappa shape index (κ2) is 12.0. The molecule has 0 aliphatic rings. The van der Waals surface area contributed by atoms with Crippen LogP contribution in [-0.4, -0.2) is 34.4 Å². The number of carbonyl (C=O) groups is 3. The summed E-state index contributed by atoms with van der Waals surface area (Å²) in [5.74, 6) is -0.690. The molecule has 0 bridgehead atoms. The fourth-order valence-corrected chi connectivity index (χ4v) is 2.16. The third kappa shape index (κ3) is 13.2.